The molecule has 0 N–H and O–H groups in total. The van der Waals surface area contributed by atoms with Crippen LogP contribution in [0.25, 0.3) is 0 Å². The fourth-order valence-corrected chi connectivity index (χ4v) is 6.52. The zero-order valence-electron chi connectivity index (χ0n) is 17.5. The van der Waals surface area contributed by atoms with E-state index in [2.05, 4.69) is 5.10 Å². The number of hydrogen-bond donors (Lipinski definition) is 0. The fourth-order valence-electron chi connectivity index (χ4n) is 3.56. The first-order chi connectivity index (χ1) is 14.9. The van der Waals surface area contributed by atoms with E-state index >= 15 is 0 Å². The molecule has 9 heteroatoms. The number of rotatable bonds is 5. The lowest BCUT2D eigenvalue weighted by Gasteiger charge is -2.41. The van der Waals surface area contributed by atoms with Gasteiger partial charge in [-0.2, -0.15) is 5.10 Å². The molecule has 31 heavy (non-hydrogen) atoms. The van der Waals surface area contributed by atoms with Crippen LogP contribution < -0.4 is 14.6 Å². The van der Waals surface area contributed by atoms with Gasteiger partial charge in [-0.3, -0.25) is 4.79 Å². The van der Waals surface area contributed by atoms with Crippen LogP contribution in [0.1, 0.15) is 13.8 Å². The second-order valence-electron chi connectivity index (χ2n) is 6.77. The number of allylic oxidation sites excluding steroid dienone is 2. The number of methoxy groups -OCH3 is 2. The molecule has 0 fully saturated rings. The molecule has 2 aromatic carbocycles. The minimum atomic E-state index is -0.982. The van der Waals surface area contributed by atoms with Gasteiger partial charge in [0.25, 0.3) is 0 Å². The van der Waals surface area contributed by atoms with Gasteiger partial charge in [-0.15, -0.1) is 0 Å². The highest BCUT2D eigenvalue weighted by atomic mass is 32.2. The van der Waals surface area contributed by atoms with Crippen molar-refractivity contribution in [3.63, 3.8) is 0 Å². The Morgan fingerprint density at radius 3 is 2.32 bits per heavy atom. The van der Waals surface area contributed by atoms with Gasteiger partial charge >= 0.3 is 5.97 Å². The molecule has 160 valence electrons. The number of benzene rings is 2. The van der Waals surface area contributed by atoms with E-state index in [1.807, 2.05) is 66.4 Å². The third-order valence-corrected chi connectivity index (χ3v) is 7.85. The van der Waals surface area contributed by atoms with E-state index in [0.717, 1.165) is 11.4 Å². The van der Waals surface area contributed by atoms with Gasteiger partial charge in [0, 0.05) is 11.4 Å². The second kappa shape index (κ2) is 8.32. The Labute approximate surface area is 189 Å². The van der Waals surface area contributed by atoms with Crippen LogP contribution in [-0.4, -0.2) is 35.3 Å². The number of esters is 1. The van der Waals surface area contributed by atoms with E-state index in [4.69, 9.17) is 9.47 Å². The van der Waals surface area contributed by atoms with E-state index < -0.39 is 10.3 Å². The minimum absolute atomic E-state index is 0.0487. The molecule has 7 nitrogen and oxygen atoms in total. The van der Waals surface area contributed by atoms with Crippen molar-refractivity contribution in [2.75, 3.05) is 24.1 Å². The van der Waals surface area contributed by atoms with E-state index in [-0.39, 0.29) is 10.8 Å². The highest BCUT2D eigenvalue weighted by Crippen LogP contribution is 2.60. The Morgan fingerprint density at radius 2 is 1.68 bits per heavy atom. The summed E-state index contributed by atoms with van der Waals surface area (Å²) >= 11 is 2.60. The van der Waals surface area contributed by atoms with Gasteiger partial charge in [-0.25, -0.2) is 9.80 Å². The van der Waals surface area contributed by atoms with Gasteiger partial charge < -0.3 is 14.4 Å². The first-order valence-electron chi connectivity index (χ1n) is 9.48. The fraction of sp³-hybridized carbons (Fsp3) is 0.227. The number of nitrogens with zero attached hydrogens (tertiary/aromatic N) is 3. The minimum Gasteiger partial charge on any atom is -0.495 e. The number of hydrazone groups is 1. The average Bonchev–Trinajstić information content (AvgIpc) is 3.31. The molecule has 1 atom stereocenters. The molecule has 4 rings (SSSR count). The van der Waals surface area contributed by atoms with Crippen LogP contribution >= 0.6 is 23.5 Å². The molecule has 0 aliphatic carbocycles. The number of anilines is 2. The van der Waals surface area contributed by atoms with Crippen LogP contribution in [0.2, 0.25) is 0 Å². The monoisotopic (exact) mass is 455 g/mol. The zero-order chi connectivity index (χ0) is 22.2. The summed E-state index contributed by atoms with van der Waals surface area (Å²) in [5.74, 6) is 0.0107. The Morgan fingerprint density at radius 1 is 1.00 bits per heavy atom. The summed E-state index contributed by atoms with van der Waals surface area (Å²) < 4.78 is 9.56. The molecule has 0 unspecified atom stereocenters. The smallest absolute Gasteiger partial charge is 0.365 e. The second-order valence-corrected chi connectivity index (χ2v) is 9.37. The van der Waals surface area contributed by atoms with Gasteiger partial charge in [0.15, 0.2) is 5.78 Å². The molecule has 0 saturated carbocycles. The number of carbonyl (C=O) groups excluding carboxylic acids is 2. The predicted octanol–water partition coefficient (Wildman–Crippen LogP) is 4.42. The third-order valence-electron chi connectivity index (χ3n) is 4.88. The molecule has 2 aliphatic heterocycles. The normalized spacial score (nSPS) is 20.3. The van der Waals surface area contributed by atoms with E-state index in [9.17, 15) is 9.59 Å². The molecule has 0 amide bonds. The van der Waals surface area contributed by atoms with Crippen LogP contribution in [0.5, 0.6) is 5.75 Å². The van der Waals surface area contributed by atoms with Crippen molar-refractivity contribution >= 4 is 51.7 Å². The summed E-state index contributed by atoms with van der Waals surface area (Å²) in [6, 6.07) is 17.2. The predicted molar refractivity (Wildman–Crippen MR) is 125 cm³/mol. The molecule has 2 aromatic rings. The first-order valence-corrected chi connectivity index (χ1v) is 11.1. The van der Waals surface area contributed by atoms with E-state index in [0.29, 0.717) is 16.3 Å². The van der Waals surface area contributed by atoms with Gasteiger partial charge in [-0.1, -0.05) is 42.1 Å². The van der Waals surface area contributed by atoms with Crippen LogP contribution in [0, 0.1) is 0 Å². The summed E-state index contributed by atoms with van der Waals surface area (Å²) in [6.07, 6.45) is 0. The third kappa shape index (κ3) is 3.47. The van der Waals surface area contributed by atoms with Crippen LogP contribution in [-0.2, 0) is 14.3 Å². The summed E-state index contributed by atoms with van der Waals surface area (Å²) in [6.45, 7) is 3.45. The van der Waals surface area contributed by atoms with Crippen molar-refractivity contribution in [1.29, 1.82) is 0 Å². The quantitative estimate of drug-likeness (QED) is 0.614. The number of ketones is 1. The molecule has 0 saturated heterocycles. The molecule has 2 heterocycles. The Bertz CT molecular complexity index is 1100. The van der Waals surface area contributed by atoms with Crippen LogP contribution in [0.15, 0.2) is 70.3 Å². The highest BCUT2D eigenvalue weighted by molar-refractivity contribution is 8.29. The standard InChI is InChI=1S/C22H21N3O4S2/c1-14-19(15(2)26)30-22(24(14)16-10-6-5-7-11-16)25(23-20(31-22)21(27)29-4)17-12-8-9-13-18(17)28-3/h5-13H,1-4H3/t22-/m0/s1. The van der Waals surface area contributed by atoms with Crippen LogP contribution in [0.3, 0.4) is 0 Å². The van der Waals surface area contributed by atoms with Gasteiger partial charge in [0.05, 0.1) is 19.1 Å². The topological polar surface area (TPSA) is 71.4 Å². The molecule has 1 spiro atoms. The summed E-state index contributed by atoms with van der Waals surface area (Å²) in [5.41, 5.74) is 2.33. The number of carbonyl (C=O) groups is 2. The highest BCUT2D eigenvalue weighted by Gasteiger charge is 2.58. The maximum Gasteiger partial charge on any atom is 0.365 e. The molecular formula is C22H21N3O4S2. The molecule has 2 aliphatic rings. The SMILES string of the molecule is COC(=O)C1=NN(c2ccccc2OC)[C@]2(S1)SC(C(C)=O)=C(C)N2c1ccccc1. The maximum atomic E-state index is 12.5. The maximum absolute atomic E-state index is 12.5. The Hall–Kier alpha value is -2.91. The van der Waals surface area contributed by atoms with E-state index in [1.54, 1.807) is 19.0 Å². The number of Topliss-reactive ketones (excluding diaryl/α,β-unsaturated/α-hetero) is 1. The van der Waals surface area contributed by atoms with Gasteiger partial charge in [0.2, 0.25) is 9.37 Å². The Kier molecular flexibility index (Phi) is 5.72. The molecule has 0 aromatic heterocycles. The molecular weight excluding hydrogens is 434 g/mol. The Balaban J connectivity index is 1.94. The van der Waals surface area contributed by atoms with E-state index in [1.165, 1.54) is 30.6 Å². The van der Waals surface area contributed by atoms with Crippen molar-refractivity contribution in [1.82, 2.24) is 0 Å². The number of ether oxygens (including phenoxy) is 2. The van der Waals surface area contributed by atoms with Gasteiger partial charge in [-0.05, 0) is 49.9 Å². The van der Waals surface area contributed by atoms with Crippen molar-refractivity contribution in [2.45, 2.75) is 18.2 Å². The number of para-hydroxylation sites is 3. The lowest BCUT2D eigenvalue weighted by atomic mass is 10.2. The van der Waals surface area contributed by atoms with Crippen molar-refractivity contribution in [2.24, 2.45) is 5.10 Å². The zero-order valence-corrected chi connectivity index (χ0v) is 19.1. The average molecular weight is 456 g/mol. The lowest BCUT2D eigenvalue weighted by Crippen LogP contribution is -2.49. The number of thioether (sulfide) groups is 2. The lowest BCUT2D eigenvalue weighted by molar-refractivity contribution is -0.132. The first kappa shape index (κ1) is 21.3. The van der Waals surface area contributed by atoms with Crippen molar-refractivity contribution < 1.29 is 19.1 Å². The summed E-state index contributed by atoms with van der Waals surface area (Å²) in [5, 5.41) is 6.56. The van der Waals surface area contributed by atoms with Crippen molar-refractivity contribution in [3.8, 4) is 5.75 Å². The summed E-state index contributed by atoms with van der Waals surface area (Å²) in [4.78, 5) is 27.7. The summed E-state index contributed by atoms with van der Waals surface area (Å²) in [7, 11) is 2.91. The largest absolute Gasteiger partial charge is 0.495 e. The molecule has 0 radical (unpaired) electrons. The van der Waals surface area contributed by atoms with Crippen LogP contribution in [0.4, 0.5) is 11.4 Å². The molecule has 0 bridgehead atoms. The number of hydrogen-bond acceptors (Lipinski definition) is 9. The van der Waals surface area contributed by atoms with Gasteiger partial charge in [0.1, 0.15) is 11.4 Å². The van der Waals surface area contributed by atoms with Crippen molar-refractivity contribution in [3.05, 3.63) is 65.2 Å².